The fraction of sp³-hybridized carbons (Fsp3) is 0.304. The topological polar surface area (TPSA) is 108 Å². The molecule has 2 aliphatic heterocycles. The summed E-state index contributed by atoms with van der Waals surface area (Å²) >= 11 is 0. The van der Waals surface area contributed by atoms with Crippen molar-refractivity contribution < 1.29 is 31.8 Å². The summed E-state index contributed by atoms with van der Waals surface area (Å²) in [5, 5.41) is 0. The van der Waals surface area contributed by atoms with Gasteiger partial charge in [-0.1, -0.05) is 0 Å². The van der Waals surface area contributed by atoms with Gasteiger partial charge in [-0.2, -0.15) is 0 Å². The highest BCUT2D eigenvalue weighted by molar-refractivity contribution is 5.96. The van der Waals surface area contributed by atoms with Crippen molar-refractivity contribution in [1.29, 1.82) is 0 Å². The molecule has 0 spiro atoms. The van der Waals surface area contributed by atoms with Gasteiger partial charge in [-0.3, -0.25) is 9.20 Å². The predicted molar refractivity (Wildman–Crippen MR) is 118 cm³/mol. The predicted octanol–water partition coefficient (Wildman–Crippen LogP) is 3.94. The van der Waals surface area contributed by atoms with Crippen molar-refractivity contribution in [2.75, 3.05) is 12.3 Å². The number of aromatic nitrogens is 4. The molecule has 13 heteroatoms. The van der Waals surface area contributed by atoms with Crippen LogP contribution in [0.3, 0.4) is 0 Å². The Morgan fingerprint density at radius 2 is 2.00 bits per heavy atom. The standard InChI is InChI=1S/C23H18F4N6O3/c1-10-29-9-16-21(28)31-14-8-30-13(6-15(14)33(10)16)22(34)32-4-2-3-17-20(32)11-5-12(24)19(7-18(11)35-17)36-23(25,26)27/h5-9,17,20H,2-4H2,1H3,(H2,28,31)/t17-,20-/m0/s1. The maximum atomic E-state index is 14.5. The van der Waals surface area contributed by atoms with E-state index in [1.807, 2.05) is 0 Å². The van der Waals surface area contributed by atoms with Crippen LogP contribution in [-0.2, 0) is 0 Å². The molecule has 0 saturated carbocycles. The molecule has 186 valence electrons. The van der Waals surface area contributed by atoms with Gasteiger partial charge in [-0.15, -0.1) is 13.2 Å². The molecule has 36 heavy (non-hydrogen) atoms. The molecule has 5 heterocycles. The van der Waals surface area contributed by atoms with E-state index in [0.717, 1.165) is 12.1 Å². The van der Waals surface area contributed by atoms with Crippen molar-refractivity contribution in [3.63, 3.8) is 0 Å². The zero-order valence-electron chi connectivity index (χ0n) is 18.7. The fourth-order valence-corrected chi connectivity index (χ4v) is 5.01. The Balaban J connectivity index is 1.39. The summed E-state index contributed by atoms with van der Waals surface area (Å²) in [6, 6.07) is 2.72. The van der Waals surface area contributed by atoms with Gasteiger partial charge in [-0.05, 0) is 31.9 Å². The van der Waals surface area contributed by atoms with E-state index in [1.54, 1.807) is 23.6 Å². The first-order chi connectivity index (χ1) is 17.1. The van der Waals surface area contributed by atoms with Crippen LogP contribution in [0.2, 0.25) is 0 Å². The number of alkyl halides is 3. The molecule has 1 amide bonds. The van der Waals surface area contributed by atoms with Gasteiger partial charge in [-0.25, -0.2) is 19.3 Å². The molecule has 0 unspecified atom stereocenters. The highest BCUT2D eigenvalue weighted by Gasteiger charge is 2.45. The fourth-order valence-electron chi connectivity index (χ4n) is 5.01. The lowest BCUT2D eigenvalue weighted by atomic mass is 9.94. The van der Waals surface area contributed by atoms with Crippen molar-refractivity contribution in [1.82, 2.24) is 24.3 Å². The first kappa shape index (κ1) is 22.3. The van der Waals surface area contributed by atoms with E-state index in [-0.39, 0.29) is 22.8 Å². The Labute approximate surface area is 200 Å². The number of piperidine rings is 1. The number of carbonyl (C=O) groups excluding carboxylic acids is 1. The molecule has 6 rings (SSSR count). The lowest BCUT2D eigenvalue weighted by Crippen LogP contribution is -2.44. The molecular formula is C23H18F4N6O3. The summed E-state index contributed by atoms with van der Waals surface area (Å²) in [5.41, 5.74) is 8.07. The van der Waals surface area contributed by atoms with Crippen LogP contribution in [0.4, 0.5) is 23.4 Å². The maximum Gasteiger partial charge on any atom is 0.573 e. The van der Waals surface area contributed by atoms with E-state index in [4.69, 9.17) is 10.5 Å². The number of nitrogens with zero attached hydrogens (tertiary/aromatic N) is 5. The van der Waals surface area contributed by atoms with Gasteiger partial charge in [0.15, 0.2) is 11.6 Å². The number of hydrogen-bond acceptors (Lipinski definition) is 7. The normalized spacial score (nSPS) is 19.3. The van der Waals surface area contributed by atoms with Gasteiger partial charge < -0.3 is 20.1 Å². The Bertz CT molecular complexity index is 1550. The van der Waals surface area contributed by atoms with Crippen molar-refractivity contribution >= 4 is 28.3 Å². The van der Waals surface area contributed by atoms with Crippen molar-refractivity contribution in [3.8, 4) is 11.5 Å². The van der Waals surface area contributed by atoms with Crippen LogP contribution in [0.15, 0.2) is 30.6 Å². The monoisotopic (exact) mass is 502 g/mol. The van der Waals surface area contributed by atoms with Crippen LogP contribution in [0.25, 0.3) is 16.6 Å². The molecule has 0 radical (unpaired) electrons. The number of fused-ring (bicyclic) bond motifs is 6. The Morgan fingerprint density at radius 1 is 1.19 bits per heavy atom. The summed E-state index contributed by atoms with van der Waals surface area (Å²) in [7, 11) is 0. The Morgan fingerprint density at radius 3 is 2.78 bits per heavy atom. The van der Waals surface area contributed by atoms with Gasteiger partial charge in [0.2, 0.25) is 0 Å². The number of rotatable bonds is 2. The third-order valence-corrected chi connectivity index (χ3v) is 6.49. The molecule has 4 aromatic rings. The van der Waals surface area contributed by atoms with Crippen molar-refractivity contribution in [3.05, 3.63) is 53.5 Å². The van der Waals surface area contributed by atoms with Gasteiger partial charge in [0.25, 0.3) is 5.91 Å². The van der Waals surface area contributed by atoms with Crippen LogP contribution in [0.1, 0.15) is 40.8 Å². The van der Waals surface area contributed by atoms with Gasteiger partial charge in [0, 0.05) is 18.2 Å². The zero-order chi connectivity index (χ0) is 25.4. The second-order valence-corrected chi connectivity index (χ2v) is 8.69. The Kier molecular flexibility index (Phi) is 4.75. The lowest BCUT2D eigenvalue weighted by molar-refractivity contribution is -0.275. The van der Waals surface area contributed by atoms with Gasteiger partial charge >= 0.3 is 6.36 Å². The molecule has 0 aliphatic carbocycles. The van der Waals surface area contributed by atoms with Crippen LogP contribution >= 0.6 is 0 Å². The quantitative estimate of drug-likeness (QED) is 0.414. The average molecular weight is 502 g/mol. The number of carbonyl (C=O) groups is 1. The Hall–Kier alpha value is -4.16. The minimum Gasteiger partial charge on any atom is -0.487 e. The molecule has 1 aromatic carbocycles. The summed E-state index contributed by atoms with van der Waals surface area (Å²) in [5.74, 6) is -1.64. The largest absolute Gasteiger partial charge is 0.573 e. The maximum absolute atomic E-state index is 14.5. The molecule has 1 saturated heterocycles. The number of imidazole rings is 1. The van der Waals surface area contributed by atoms with Crippen molar-refractivity contribution in [2.45, 2.75) is 38.3 Å². The third kappa shape index (κ3) is 3.45. The van der Waals surface area contributed by atoms with E-state index in [0.29, 0.717) is 41.8 Å². The summed E-state index contributed by atoms with van der Waals surface area (Å²) < 4.78 is 63.9. The number of hydrogen-bond donors (Lipinski definition) is 1. The number of amides is 1. The summed E-state index contributed by atoms with van der Waals surface area (Å²) in [6.45, 7) is 2.13. The molecule has 2 atom stereocenters. The van der Waals surface area contributed by atoms with E-state index in [2.05, 4.69) is 19.7 Å². The van der Waals surface area contributed by atoms with E-state index >= 15 is 0 Å². The van der Waals surface area contributed by atoms with Crippen LogP contribution in [0, 0.1) is 12.7 Å². The molecule has 3 aromatic heterocycles. The minimum absolute atomic E-state index is 0.0484. The van der Waals surface area contributed by atoms with E-state index in [9.17, 15) is 22.4 Å². The highest BCUT2D eigenvalue weighted by atomic mass is 19.4. The first-order valence-corrected chi connectivity index (χ1v) is 11.1. The number of nitrogens with two attached hydrogens (primary N) is 1. The average Bonchev–Trinajstić information content (AvgIpc) is 3.38. The van der Waals surface area contributed by atoms with E-state index in [1.165, 1.54) is 11.1 Å². The number of nitrogen functional groups attached to an aromatic ring is 1. The second kappa shape index (κ2) is 7.67. The third-order valence-electron chi connectivity index (χ3n) is 6.49. The van der Waals surface area contributed by atoms with Crippen LogP contribution in [-0.4, -0.2) is 49.2 Å². The van der Waals surface area contributed by atoms with E-state index < -0.39 is 36.0 Å². The number of benzene rings is 1. The molecule has 9 nitrogen and oxygen atoms in total. The number of pyridine rings is 1. The number of anilines is 1. The van der Waals surface area contributed by atoms with Gasteiger partial charge in [0.1, 0.15) is 40.2 Å². The molecule has 1 fully saturated rings. The van der Waals surface area contributed by atoms with Gasteiger partial charge in [0.05, 0.1) is 24.0 Å². The zero-order valence-corrected chi connectivity index (χ0v) is 18.7. The van der Waals surface area contributed by atoms with Crippen LogP contribution in [0.5, 0.6) is 11.5 Å². The highest BCUT2D eigenvalue weighted by Crippen LogP contribution is 2.47. The molecule has 2 aliphatic rings. The van der Waals surface area contributed by atoms with Crippen molar-refractivity contribution in [2.24, 2.45) is 0 Å². The lowest BCUT2D eigenvalue weighted by Gasteiger charge is -2.36. The SMILES string of the molecule is Cc1ncc2c(N)nc3cnc(C(=O)N4CCC[C@@H]5Oc6cc(OC(F)(F)F)c(F)cc6[C@@H]54)cc3n12. The minimum atomic E-state index is -5.05. The summed E-state index contributed by atoms with van der Waals surface area (Å²) in [6.07, 6.45) is -1.42. The number of ether oxygens (including phenoxy) is 2. The molecule has 2 N–H and O–H groups in total. The number of aryl methyl sites for hydroxylation is 1. The first-order valence-electron chi connectivity index (χ1n) is 11.1. The molecular weight excluding hydrogens is 484 g/mol. The second-order valence-electron chi connectivity index (χ2n) is 8.69. The number of halogens is 4. The van der Waals surface area contributed by atoms with Crippen LogP contribution < -0.4 is 15.2 Å². The number of likely N-dealkylation sites (tertiary alicyclic amines) is 1. The smallest absolute Gasteiger partial charge is 0.487 e. The molecule has 0 bridgehead atoms. The summed E-state index contributed by atoms with van der Waals surface area (Å²) in [4.78, 5) is 28.0.